The molecule has 0 saturated carbocycles. The minimum absolute atomic E-state index is 0.217. The van der Waals surface area contributed by atoms with Crippen LogP contribution in [-0.2, 0) is 23.7 Å². The summed E-state index contributed by atoms with van der Waals surface area (Å²) < 4.78 is 28.7. The van der Waals surface area contributed by atoms with Crippen molar-refractivity contribution < 1.29 is 23.7 Å². The molecule has 5 unspecified atom stereocenters. The molecule has 1 fully saturated rings. The SMILES string of the molecule is COCC1OC(c2ccc(B(C)C)cc2)C(OC)C(OC)C1OC. The van der Waals surface area contributed by atoms with E-state index in [0.717, 1.165) is 5.56 Å². The van der Waals surface area contributed by atoms with Crippen molar-refractivity contribution in [3.8, 4) is 0 Å². The van der Waals surface area contributed by atoms with Gasteiger partial charge in [-0.3, -0.25) is 0 Å². The molecular formula is C18H29BO5. The van der Waals surface area contributed by atoms with Crippen molar-refractivity contribution in [1.29, 1.82) is 0 Å². The van der Waals surface area contributed by atoms with E-state index < -0.39 is 0 Å². The van der Waals surface area contributed by atoms with Crippen molar-refractivity contribution in [2.45, 2.75) is 44.2 Å². The fraction of sp³-hybridized carbons (Fsp3) is 0.667. The molecule has 1 aromatic rings. The molecule has 5 nitrogen and oxygen atoms in total. The van der Waals surface area contributed by atoms with Gasteiger partial charge in [-0.05, 0) is 5.56 Å². The molecule has 134 valence electrons. The highest BCUT2D eigenvalue weighted by Gasteiger charge is 2.47. The van der Waals surface area contributed by atoms with E-state index >= 15 is 0 Å². The van der Waals surface area contributed by atoms with Gasteiger partial charge >= 0.3 is 0 Å². The highest BCUT2D eigenvalue weighted by molar-refractivity contribution is 6.70. The number of ether oxygens (including phenoxy) is 5. The van der Waals surface area contributed by atoms with Crippen molar-refractivity contribution in [2.24, 2.45) is 0 Å². The summed E-state index contributed by atoms with van der Waals surface area (Å²) >= 11 is 0. The number of benzene rings is 1. The molecule has 1 aliphatic heterocycles. The Bertz CT molecular complexity index is 493. The quantitative estimate of drug-likeness (QED) is 0.711. The van der Waals surface area contributed by atoms with E-state index in [1.54, 1.807) is 28.4 Å². The van der Waals surface area contributed by atoms with Crippen LogP contribution in [0.3, 0.4) is 0 Å². The maximum Gasteiger partial charge on any atom is 0.169 e. The number of hydrogen-bond donors (Lipinski definition) is 0. The number of rotatable bonds is 7. The lowest BCUT2D eigenvalue weighted by atomic mass is 9.49. The van der Waals surface area contributed by atoms with Gasteiger partial charge in [0.25, 0.3) is 0 Å². The van der Waals surface area contributed by atoms with E-state index in [2.05, 4.69) is 37.9 Å². The van der Waals surface area contributed by atoms with Crippen molar-refractivity contribution in [3.05, 3.63) is 29.8 Å². The van der Waals surface area contributed by atoms with Crippen LogP contribution < -0.4 is 5.46 Å². The molecule has 0 aliphatic carbocycles. The summed E-state index contributed by atoms with van der Waals surface area (Å²) in [6.07, 6.45) is -1.17. The fourth-order valence-corrected chi connectivity index (χ4v) is 3.36. The van der Waals surface area contributed by atoms with Gasteiger partial charge in [-0.25, -0.2) is 0 Å². The van der Waals surface area contributed by atoms with E-state index in [-0.39, 0.29) is 30.5 Å². The molecule has 0 bridgehead atoms. The predicted molar refractivity (Wildman–Crippen MR) is 95.4 cm³/mol. The van der Waals surface area contributed by atoms with E-state index in [4.69, 9.17) is 23.7 Å². The molecule has 0 N–H and O–H groups in total. The predicted octanol–water partition coefficient (Wildman–Crippen LogP) is 1.78. The normalized spacial score (nSPS) is 30.3. The lowest BCUT2D eigenvalue weighted by molar-refractivity contribution is -0.252. The van der Waals surface area contributed by atoms with Crippen LogP contribution in [0, 0.1) is 0 Å². The van der Waals surface area contributed by atoms with Crippen LogP contribution in [0.5, 0.6) is 0 Å². The molecule has 1 heterocycles. The number of methoxy groups -OCH3 is 4. The van der Waals surface area contributed by atoms with Gasteiger partial charge in [0.1, 0.15) is 30.5 Å². The van der Waals surface area contributed by atoms with Gasteiger partial charge in [0, 0.05) is 28.4 Å². The van der Waals surface area contributed by atoms with Crippen LogP contribution in [0.2, 0.25) is 13.6 Å². The average molecular weight is 336 g/mol. The zero-order chi connectivity index (χ0) is 17.7. The maximum atomic E-state index is 6.30. The molecule has 5 atom stereocenters. The zero-order valence-electron chi connectivity index (χ0n) is 15.5. The standard InChI is InChI=1S/C18H29BO5/c1-19(2)13-9-7-12(8-10-13)15-17(22-5)18(23-6)16(21-4)14(24-15)11-20-3/h7-10,14-18H,11H2,1-6H3. The Labute approximate surface area is 145 Å². The van der Waals surface area contributed by atoms with Crippen LogP contribution in [0.25, 0.3) is 0 Å². The maximum absolute atomic E-state index is 6.30. The second-order valence-corrected chi connectivity index (χ2v) is 6.47. The average Bonchev–Trinajstić information content (AvgIpc) is 2.60. The third-order valence-electron chi connectivity index (χ3n) is 4.71. The Morgan fingerprint density at radius 3 is 1.92 bits per heavy atom. The summed E-state index contributed by atoms with van der Waals surface area (Å²) in [5.41, 5.74) is 2.37. The van der Waals surface area contributed by atoms with Crippen molar-refractivity contribution in [2.75, 3.05) is 35.0 Å². The number of hydrogen-bond acceptors (Lipinski definition) is 5. The van der Waals surface area contributed by atoms with E-state index in [0.29, 0.717) is 13.3 Å². The summed E-state index contributed by atoms with van der Waals surface area (Å²) in [6.45, 7) is 5.30. The summed E-state index contributed by atoms with van der Waals surface area (Å²) in [4.78, 5) is 0. The Morgan fingerprint density at radius 1 is 0.875 bits per heavy atom. The fourth-order valence-electron chi connectivity index (χ4n) is 3.36. The Kier molecular flexibility index (Phi) is 7.25. The highest BCUT2D eigenvalue weighted by atomic mass is 16.6. The first kappa shape index (κ1) is 19.4. The van der Waals surface area contributed by atoms with Crippen LogP contribution in [0.1, 0.15) is 11.7 Å². The smallest absolute Gasteiger partial charge is 0.169 e. The zero-order valence-corrected chi connectivity index (χ0v) is 15.5. The van der Waals surface area contributed by atoms with Crippen LogP contribution in [0.15, 0.2) is 24.3 Å². The first-order valence-electron chi connectivity index (χ1n) is 8.40. The van der Waals surface area contributed by atoms with E-state index in [9.17, 15) is 0 Å². The summed E-state index contributed by atoms with van der Waals surface area (Å²) in [6, 6.07) is 8.50. The third-order valence-corrected chi connectivity index (χ3v) is 4.71. The topological polar surface area (TPSA) is 46.2 Å². The molecule has 1 aromatic carbocycles. The molecular weight excluding hydrogens is 307 g/mol. The van der Waals surface area contributed by atoms with E-state index in [1.807, 2.05) is 0 Å². The molecule has 0 aromatic heterocycles. The van der Waals surface area contributed by atoms with Gasteiger partial charge in [-0.15, -0.1) is 0 Å². The Morgan fingerprint density at radius 2 is 1.46 bits per heavy atom. The first-order chi connectivity index (χ1) is 11.6. The van der Waals surface area contributed by atoms with Gasteiger partial charge in [-0.2, -0.15) is 0 Å². The van der Waals surface area contributed by atoms with Gasteiger partial charge in [0.05, 0.1) is 6.61 Å². The second-order valence-electron chi connectivity index (χ2n) is 6.47. The first-order valence-corrected chi connectivity index (χ1v) is 8.40. The minimum Gasteiger partial charge on any atom is -0.382 e. The van der Waals surface area contributed by atoms with Gasteiger partial charge in [-0.1, -0.05) is 43.4 Å². The minimum atomic E-state index is -0.252. The molecule has 24 heavy (non-hydrogen) atoms. The van der Waals surface area contributed by atoms with Gasteiger partial charge < -0.3 is 23.7 Å². The Hall–Kier alpha value is -0.915. The summed E-state index contributed by atoms with van der Waals surface area (Å²) in [5.74, 6) is 0. The Balaban J connectivity index is 2.31. The largest absolute Gasteiger partial charge is 0.382 e. The molecule has 1 aliphatic rings. The van der Waals surface area contributed by atoms with E-state index in [1.165, 1.54) is 5.46 Å². The molecule has 1 saturated heterocycles. The van der Waals surface area contributed by atoms with Crippen molar-refractivity contribution in [1.82, 2.24) is 0 Å². The molecule has 0 radical (unpaired) electrons. The monoisotopic (exact) mass is 336 g/mol. The van der Waals surface area contributed by atoms with Crippen LogP contribution in [0.4, 0.5) is 0 Å². The highest BCUT2D eigenvalue weighted by Crippen LogP contribution is 2.36. The molecule has 0 amide bonds. The van der Waals surface area contributed by atoms with Crippen molar-refractivity contribution in [3.63, 3.8) is 0 Å². The van der Waals surface area contributed by atoms with Gasteiger partial charge in [0.2, 0.25) is 0 Å². The van der Waals surface area contributed by atoms with Gasteiger partial charge in [0.15, 0.2) is 6.71 Å². The second kappa shape index (κ2) is 8.97. The summed E-state index contributed by atoms with van der Waals surface area (Å²) in [5, 5.41) is 0. The molecule has 6 heteroatoms. The molecule has 2 rings (SSSR count). The summed E-state index contributed by atoms with van der Waals surface area (Å²) in [7, 11) is 6.68. The lowest BCUT2D eigenvalue weighted by Gasteiger charge is -2.45. The third kappa shape index (κ3) is 4.00. The van der Waals surface area contributed by atoms with Crippen LogP contribution in [-0.4, -0.2) is 66.2 Å². The van der Waals surface area contributed by atoms with Crippen LogP contribution >= 0.6 is 0 Å². The lowest BCUT2D eigenvalue weighted by Crippen LogP contribution is -2.57. The molecule has 0 spiro atoms. The van der Waals surface area contributed by atoms with Crippen molar-refractivity contribution >= 4 is 12.2 Å².